The molecule has 1 aliphatic rings. The standard InChI is InChI=1S/C15H13ClN2O4/c1-15(5-2-6-15)14(20)11(8-17)13(19)10-4-3-9(16)7-12(10)18(21)22/h3-4,7,19H,2,5-6H2,1H3. The van der Waals surface area contributed by atoms with Crippen molar-refractivity contribution in [1.29, 1.82) is 5.26 Å². The molecule has 0 bridgehead atoms. The molecule has 1 N–H and O–H groups in total. The fraction of sp³-hybridized carbons (Fsp3) is 0.333. The number of aliphatic hydroxyl groups excluding tert-OH is 1. The minimum atomic E-state index is -0.720. The SMILES string of the molecule is CC1(C(=O)C(C#N)=C(O)c2ccc(Cl)cc2[N+](=O)[O-])CCC1. The second kappa shape index (κ2) is 5.78. The molecule has 114 valence electrons. The minimum Gasteiger partial charge on any atom is -0.506 e. The monoisotopic (exact) mass is 320 g/mol. The van der Waals surface area contributed by atoms with Gasteiger partial charge in [-0.2, -0.15) is 5.26 Å². The molecule has 1 aromatic carbocycles. The van der Waals surface area contributed by atoms with Crippen LogP contribution in [0.4, 0.5) is 5.69 Å². The van der Waals surface area contributed by atoms with E-state index in [1.807, 2.05) is 0 Å². The molecule has 0 radical (unpaired) electrons. The van der Waals surface area contributed by atoms with Gasteiger partial charge in [-0.1, -0.05) is 24.9 Å². The molecular weight excluding hydrogens is 308 g/mol. The number of halogens is 1. The van der Waals surface area contributed by atoms with Crippen molar-refractivity contribution >= 4 is 28.8 Å². The van der Waals surface area contributed by atoms with Crippen LogP contribution in [0.1, 0.15) is 31.7 Å². The van der Waals surface area contributed by atoms with Crippen molar-refractivity contribution in [2.75, 3.05) is 0 Å². The summed E-state index contributed by atoms with van der Waals surface area (Å²) in [5, 5.41) is 30.6. The zero-order chi connectivity index (χ0) is 16.5. The van der Waals surface area contributed by atoms with Crippen LogP contribution in [0.25, 0.3) is 5.76 Å². The van der Waals surface area contributed by atoms with E-state index in [2.05, 4.69) is 0 Å². The number of hydrogen-bond acceptors (Lipinski definition) is 5. The summed E-state index contributed by atoms with van der Waals surface area (Å²) in [7, 11) is 0. The van der Waals surface area contributed by atoms with Crippen molar-refractivity contribution in [3.05, 3.63) is 44.5 Å². The highest BCUT2D eigenvalue weighted by atomic mass is 35.5. The Labute approximate surface area is 131 Å². The number of rotatable bonds is 4. The van der Waals surface area contributed by atoms with Gasteiger partial charge >= 0.3 is 0 Å². The number of nitriles is 1. The van der Waals surface area contributed by atoms with Gasteiger partial charge in [0, 0.05) is 16.5 Å². The molecule has 22 heavy (non-hydrogen) atoms. The number of carbonyl (C=O) groups is 1. The van der Waals surface area contributed by atoms with Crippen LogP contribution in [0.5, 0.6) is 0 Å². The Kier molecular flexibility index (Phi) is 4.20. The quantitative estimate of drug-likeness (QED) is 0.299. The summed E-state index contributed by atoms with van der Waals surface area (Å²) < 4.78 is 0. The lowest BCUT2D eigenvalue weighted by Crippen LogP contribution is -2.36. The van der Waals surface area contributed by atoms with E-state index in [-0.39, 0.29) is 10.6 Å². The minimum absolute atomic E-state index is 0.124. The van der Waals surface area contributed by atoms with Gasteiger partial charge in [0.1, 0.15) is 11.6 Å². The average molecular weight is 321 g/mol. The lowest BCUT2D eigenvalue weighted by atomic mass is 9.66. The van der Waals surface area contributed by atoms with E-state index in [0.717, 1.165) is 12.5 Å². The Balaban J connectivity index is 2.57. The van der Waals surface area contributed by atoms with Gasteiger partial charge in [-0.15, -0.1) is 0 Å². The third-order valence-electron chi connectivity index (χ3n) is 3.99. The molecule has 7 heteroatoms. The lowest BCUT2D eigenvalue weighted by molar-refractivity contribution is -0.385. The third kappa shape index (κ3) is 2.68. The number of carbonyl (C=O) groups excluding carboxylic acids is 1. The van der Waals surface area contributed by atoms with Crippen molar-refractivity contribution in [2.45, 2.75) is 26.2 Å². The Hall–Kier alpha value is -2.39. The fourth-order valence-electron chi connectivity index (χ4n) is 2.44. The average Bonchev–Trinajstić information content (AvgIpc) is 2.44. The predicted octanol–water partition coefficient (Wildman–Crippen LogP) is 3.80. The van der Waals surface area contributed by atoms with Crippen molar-refractivity contribution in [2.24, 2.45) is 5.41 Å². The molecule has 0 spiro atoms. The third-order valence-corrected chi connectivity index (χ3v) is 4.23. The summed E-state index contributed by atoms with van der Waals surface area (Å²) >= 11 is 5.71. The van der Waals surface area contributed by atoms with Gasteiger partial charge in [0.05, 0.1) is 10.5 Å². The first-order valence-corrected chi connectivity index (χ1v) is 7.00. The number of Topliss-reactive ketones (excluding diaryl/α,β-unsaturated/α-hetero) is 1. The summed E-state index contributed by atoms with van der Waals surface area (Å²) in [4.78, 5) is 22.8. The fourth-order valence-corrected chi connectivity index (χ4v) is 2.60. The highest BCUT2D eigenvalue weighted by Crippen LogP contribution is 2.44. The summed E-state index contributed by atoms with van der Waals surface area (Å²) in [5.74, 6) is -1.16. The van der Waals surface area contributed by atoms with Gasteiger partial charge in [-0.25, -0.2) is 0 Å². The summed E-state index contributed by atoms with van der Waals surface area (Å²) in [5.41, 5.74) is -1.78. The number of aliphatic hydroxyl groups is 1. The van der Waals surface area contributed by atoms with E-state index in [0.29, 0.717) is 12.8 Å². The lowest BCUT2D eigenvalue weighted by Gasteiger charge is -2.36. The van der Waals surface area contributed by atoms with Crippen LogP contribution in [-0.2, 0) is 4.79 Å². The smallest absolute Gasteiger partial charge is 0.281 e. The second-order valence-electron chi connectivity index (χ2n) is 5.50. The molecule has 2 rings (SSSR count). The van der Waals surface area contributed by atoms with E-state index >= 15 is 0 Å². The molecule has 0 aliphatic heterocycles. The maximum atomic E-state index is 12.4. The molecule has 1 fully saturated rings. The number of ketones is 1. The highest BCUT2D eigenvalue weighted by Gasteiger charge is 2.42. The van der Waals surface area contributed by atoms with Crippen LogP contribution >= 0.6 is 11.6 Å². The first kappa shape index (κ1) is 16.0. The van der Waals surface area contributed by atoms with Crippen molar-refractivity contribution < 1.29 is 14.8 Å². The van der Waals surface area contributed by atoms with Crippen molar-refractivity contribution in [3.8, 4) is 6.07 Å². The van der Waals surface area contributed by atoms with Gasteiger partial charge in [-0.05, 0) is 25.0 Å². The van der Waals surface area contributed by atoms with Gasteiger partial charge in [-0.3, -0.25) is 14.9 Å². The van der Waals surface area contributed by atoms with Crippen LogP contribution in [0.15, 0.2) is 23.8 Å². The zero-order valence-electron chi connectivity index (χ0n) is 11.8. The Morgan fingerprint density at radius 1 is 1.50 bits per heavy atom. The maximum absolute atomic E-state index is 12.4. The van der Waals surface area contributed by atoms with Crippen LogP contribution < -0.4 is 0 Å². The molecule has 0 aromatic heterocycles. The van der Waals surface area contributed by atoms with Crippen LogP contribution in [0.3, 0.4) is 0 Å². The van der Waals surface area contributed by atoms with Gasteiger partial charge in [0.15, 0.2) is 11.5 Å². The number of nitro groups is 1. The number of hydrogen-bond donors (Lipinski definition) is 1. The number of allylic oxidation sites excluding steroid dienone is 1. The van der Waals surface area contributed by atoms with Gasteiger partial charge < -0.3 is 5.11 Å². The number of nitrogens with zero attached hydrogens (tertiary/aromatic N) is 2. The Morgan fingerprint density at radius 2 is 2.14 bits per heavy atom. The van der Waals surface area contributed by atoms with Gasteiger partial charge in [0.25, 0.3) is 5.69 Å². The molecule has 1 saturated carbocycles. The zero-order valence-corrected chi connectivity index (χ0v) is 12.6. The van der Waals surface area contributed by atoms with Gasteiger partial charge in [0.2, 0.25) is 0 Å². The molecule has 1 aromatic rings. The first-order valence-electron chi connectivity index (χ1n) is 6.62. The first-order chi connectivity index (χ1) is 10.3. The molecule has 0 saturated heterocycles. The van der Waals surface area contributed by atoms with E-state index < -0.39 is 33.1 Å². The van der Waals surface area contributed by atoms with Crippen LogP contribution in [-0.4, -0.2) is 15.8 Å². The molecule has 0 heterocycles. The van der Waals surface area contributed by atoms with Crippen LogP contribution in [0.2, 0.25) is 5.02 Å². The molecular formula is C15H13ClN2O4. The topological polar surface area (TPSA) is 104 Å². The number of benzene rings is 1. The summed E-state index contributed by atoms with van der Waals surface area (Å²) in [6.45, 7) is 1.72. The maximum Gasteiger partial charge on any atom is 0.281 e. The Bertz CT molecular complexity index is 730. The number of nitro benzene ring substituents is 1. The summed E-state index contributed by atoms with van der Waals surface area (Å²) in [6.07, 6.45) is 2.14. The molecule has 6 nitrogen and oxygen atoms in total. The van der Waals surface area contributed by atoms with E-state index in [1.165, 1.54) is 12.1 Å². The van der Waals surface area contributed by atoms with Crippen molar-refractivity contribution in [1.82, 2.24) is 0 Å². The van der Waals surface area contributed by atoms with E-state index in [1.54, 1.807) is 13.0 Å². The normalized spacial score (nSPS) is 17.0. The van der Waals surface area contributed by atoms with E-state index in [4.69, 9.17) is 11.6 Å². The molecule has 0 atom stereocenters. The molecule has 1 aliphatic carbocycles. The predicted molar refractivity (Wildman–Crippen MR) is 80.2 cm³/mol. The highest BCUT2D eigenvalue weighted by molar-refractivity contribution is 6.30. The molecule has 0 unspecified atom stereocenters. The Morgan fingerprint density at radius 3 is 2.59 bits per heavy atom. The largest absolute Gasteiger partial charge is 0.506 e. The van der Waals surface area contributed by atoms with Crippen molar-refractivity contribution in [3.63, 3.8) is 0 Å². The summed E-state index contributed by atoms with van der Waals surface area (Å²) in [6, 6.07) is 5.32. The van der Waals surface area contributed by atoms with Crippen LogP contribution in [0, 0.1) is 26.9 Å². The molecule has 0 amide bonds. The second-order valence-corrected chi connectivity index (χ2v) is 5.93. The van der Waals surface area contributed by atoms with E-state index in [9.17, 15) is 25.3 Å².